The van der Waals surface area contributed by atoms with Gasteiger partial charge in [0.1, 0.15) is 0 Å². The number of hydrogen-bond donors (Lipinski definition) is 4. The predicted molar refractivity (Wildman–Crippen MR) is 169 cm³/mol. The molecule has 2 heterocycles. The van der Waals surface area contributed by atoms with Crippen molar-refractivity contribution >= 4 is 29.1 Å². The molecular formula is C35H40N4O5. The van der Waals surface area contributed by atoms with Gasteiger partial charge in [-0.1, -0.05) is 79.7 Å². The van der Waals surface area contributed by atoms with Crippen molar-refractivity contribution in [1.29, 1.82) is 0 Å². The lowest BCUT2D eigenvalue weighted by Crippen LogP contribution is -2.44. The Morgan fingerprint density at radius 1 is 1.07 bits per heavy atom. The summed E-state index contributed by atoms with van der Waals surface area (Å²) in [7, 11) is 0. The van der Waals surface area contributed by atoms with E-state index in [0.29, 0.717) is 23.5 Å². The van der Waals surface area contributed by atoms with Crippen LogP contribution in [0, 0.1) is 5.92 Å². The van der Waals surface area contributed by atoms with Gasteiger partial charge in [0.25, 0.3) is 5.91 Å². The van der Waals surface area contributed by atoms with Gasteiger partial charge in [0.2, 0.25) is 11.8 Å². The normalized spacial score (nSPS) is 20.1. The summed E-state index contributed by atoms with van der Waals surface area (Å²) in [6.45, 7) is 3.33. The Labute approximate surface area is 258 Å². The third-order valence-corrected chi connectivity index (χ3v) is 8.43. The van der Waals surface area contributed by atoms with E-state index in [2.05, 4.69) is 10.6 Å². The maximum atomic E-state index is 13.9. The summed E-state index contributed by atoms with van der Waals surface area (Å²) >= 11 is 0. The van der Waals surface area contributed by atoms with Gasteiger partial charge in [0, 0.05) is 36.7 Å². The average Bonchev–Trinajstić information content (AvgIpc) is 3.66. The zero-order valence-electron chi connectivity index (χ0n) is 25.0. The molecule has 0 unspecified atom stereocenters. The minimum Gasteiger partial charge on any atom is -0.395 e. The zero-order chi connectivity index (χ0) is 31.1. The summed E-state index contributed by atoms with van der Waals surface area (Å²) in [5, 5.41) is 27.5. The van der Waals surface area contributed by atoms with Crippen LogP contribution in [0.1, 0.15) is 42.9 Å². The van der Waals surface area contributed by atoms with Gasteiger partial charge in [-0.25, -0.2) is 0 Å². The molecule has 5 rings (SSSR count). The second kappa shape index (κ2) is 14.0. The molecule has 0 bridgehead atoms. The number of amides is 3. The first-order valence-electron chi connectivity index (χ1n) is 15.2. The van der Waals surface area contributed by atoms with Gasteiger partial charge in [0.15, 0.2) is 5.60 Å². The molecule has 0 radical (unpaired) electrons. The first kappa shape index (κ1) is 31.1. The largest absolute Gasteiger partial charge is 0.395 e. The van der Waals surface area contributed by atoms with Crippen molar-refractivity contribution in [2.24, 2.45) is 5.92 Å². The van der Waals surface area contributed by atoms with Gasteiger partial charge < -0.3 is 30.6 Å². The smallest absolute Gasteiger partial charge is 0.264 e. The Morgan fingerprint density at radius 2 is 1.80 bits per heavy atom. The number of benzene rings is 3. The molecule has 9 nitrogen and oxygen atoms in total. The quantitative estimate of drug-likeness (QED) is 0.237. The number of aliphatic hydroxyl groups excluding tert-OH is 1. The summed E-state index contributed by atoms with van der Waals surface area (Å²) in [5.74, 6) is -1.25. The Bertz CT molecular complexity index is 1490. The molecule has 1 fully saturated rings. The maximum Gasteiger partial charge on any atom is 0.264 e. The number of carbonyl (C=O) groups excluding carboxylic acids is 3. The van der Waals surface area contributed by atoms with Gasteiger partial charge in [0.05, 0.1) is 24.9 Å². The van der Waals surface area contributed by atoms with E-state index in [1.807, 2.05) is 66.7 Å². The van der Waals surface area contributed by atoms with Gasteiger partial charge in [-0.05, 0) is 48.7 Å². The van der Waals surface area contributed by atoms with Crippen LogP contribution in [-0.2, 0) is 33.1 Å². The van der Waals surface area contributed by atoms with Crippen molar-refractivity contribution in [3.8, 4) is 0 Å². The first-order valence-corrected chi connectivity index (χ1v) is 15.2. The van der Waals surface area contributed by atoms with E-state index in [-0.39, 0.29) is 44.0 Å². The van der Waals surface area contributed by atoms with E-state index < -0.39 is 17.4 Å². The Kier molecular flexibility index (Phi) is 9.89. The number of nitrogens with zero attached hydrogens (tertiary/aromatic N) is 2. The molecule has 3 aromatic rings. The van der Waals surface area contributed by atoms with Crippen LogP contribution in [0.4, 0.5) is 11.4 Å². The number of nitrogens with one attached hydrogen (secondary N) is 2. The lowest BCUT2D eigenvalue weighted by molar-refractivity contribution is -0.139. The Hall–Kier alpha value is -4.31. The molecule has 0 spiro atoms. The number of para-hydroxylation sites is 1. The third kappa shape index (κ3) is 6.75. The minimum absolute atomic E-state index is 0.0509. The van der Waals surface area contributed by atoms with Crippen molar-refractivity contribution in [3.05, 3.63) is 108 Å². The average molecular weight is 597 g/mol. The lowest BCUT2D eigenvalue weighted by atomic mass is 9.83. The van der Waals surface area contributed by atoms with Crippen molar-refractivity contribution in [3.63, 3.8) is 0 Å². The minimum atomic E-state index is -1.80. The van der Waals surface area contributed by atoms with Crippen LogP contribution in [0.15, 0.2) is 91.0 Å². The maximum absolute atomic E-state index is 13.9. The monoisotopic (exact) mass is 596 g/mol. The molecule has 3 amide bonds. The molecule has 0 aromatic heterocycles. The number of carbonyl (C=O) groups is 3. The number of anilines is 2. The van der Waals surface area contributed by atoms with Crippen molar-refractivity contribution < 1.29 is 24.6 Å². The van der Waals surface area contributed by atoms with Gasteiger partial charge in [-0.3, -0.25) is 14.4 Å². The van der Waals surface area contributed by atoms with Crippen LogP contribution in [0.3, 0.4) is 0 Å². The van der Waals surface area contributed by atoms with E-state index >= 15 is 0 Å². The molecule has 2 aliphatic rings. The molecule has 1 saturated heterocycles. The van der Waals surface area contributed by atoms with Crippen LogP contribution in [0.2, 0.25) is 0 Å². The van der Waals surface area contributed by atoms with E-state index in [1.54, 1.807) is 41.0 Å². The second-order valence-corrected chi connectivity index (χ2v) is 11.5. The molecule has 230 valence electrons. The van der Waals surface area contributed by atoms with E-state index in [0.717, 1.165) is 30.5 Å². The van der Waals surface area contributed by atoms with Crippen LogP contribution in [0.5, 0.6) is 0 Å². The lowest BCUT2D eigenvalue weighted by Gasteiger charge is -2.28. The van der Waals surface area contributed by atoms with Crippen LogP contribution in [0.25, 0.3) is 0 Å². The predicted octanol–water partition coefficient (Wildman–Crippen LogP) is 3.72. The summed E-state index contributed by atoms with van der Waals surface area (Å²) < 4.78 is 0. The number of hydrogen-bond acceptors (Lipinski definition) is 6. The van der Waals surface area contributed by atoms with Crippen molar-refractivity contribution in [2.45, 2.75) is 50.9 Å². The molecule has 9 heteroatoms. The highest BCUT2D eigenvalue weighted by Crippen LogP contribution is 2.45. The Balaban J connectivity index is 1.25. The highest BCUT2D eigenvalue weighted by molar-refractivity contribution is 6.07. The van der Waals surface area contributed by atoms with Crippen LogP contribution >= 0.6 is 0 Å². The summed E-state index contributed by atoms with van der Waals surface area (Å²) in [6, 6.07) is 24.0. The first-order chi connectivity index (χ1) is 21.3. The van der Waals surface area contributed by atoms with Crippen LogP contribution in [-0.4, -0.2) is 58.6 Å². The van der Waals surface area contributed by atoms with Crippen LogP contribution < -0.4 is 15.5 Å². The van der Waals surface area contributed by atoms with E-state index in [1.165, 1.54) is 0 Å². The summed E-state index contributed by atoms with van der Waals surface area (Å²) in [4.78, 5) is 42.5. The fraction of sp³-hybridized carbons (Fsp3) is 0.343. The molecule has 3 aromatic carbocycles. The van der Waals surface area contributed by atoms with Crippen molar-refractivity contribution in [1.82, 2.24) is 10.2 Å². The van der Waals surface area contributed by atoms with Gasteiger partial charge in [-0.15, -0.1) is 0 Å². The highest BCUT2D eigenvalue weighted by Gasteiger charge is 2.52. The van der Waals surface area contributed by atoms with E-state index in [4.69, 9.17) is 0 Å². The topological polar surface area (TPSA) is 122 Å². The van der Waals surface area contributed by atoms with Gasteiger partial charge in [-0.2, -0.15) is 0 Å². The Morgan fingerprint density at radius 3 is 2.50 bits per heavy atom. The third-order valence-electron chi connectivity index (χ3n) is 8.43. The molecule has 3 atom stereocenters. The standard InChI is InChI=1S/C35H40N4O5/c1-25(9-7-15-32(41)38(21-22-40)23-26-10-3-2-4-11-26)35(44)29-12-5-6-14-31(29)39(34(35)43)24-27-16-18-28(19-17-27)37-33(42)30-13-8-20-36-30/h2-7,9-12,14,16-19,25,30,36,40,44H,8,13,15,20-24H2,1H3,(H,37,42)/b9-7+/t25-,30-,35+/m1/s1. The molecular weight excluding hydrogens is 556 g/mol. The number of fused-ring (bicyclic) bond motifs is 1. The van der Waals surface area contributed by atoms with E-state index in [9.17, 15) is 24.6 Å². The molecule has 2 aliphatic heterocycles. The fourth-order valence-corrected chi connectivity index (χ4v) is 5.93. The SMILES string of the molecule is C[C@H](/C=C/CC(=O)N(CCO)Cc1ccccc1)[C@@]1(O)C(=O)N(Cc2ccc(NC(=O)[C@H]3CCCN3)cc2)c2ccccc21. The fourth-order valence-electron chi connectivity index (χ4n) is 5.93. The molecule has 0 saturated carbocycles. The van der Waals surface area contributed by atoms with Gasteiger partial charge >= 0.3 is 0 Å². The molecule has 44 heavy (non-hydrogen) atoms. The number of rotatable bonds is 12. The second-order valence-electron chi connectivity index (χ2n) is 11.5. The highest BCUT2D eigenvalue weighted by atomic mass is 16.3. The summed E-state index contributed by atoms with van der Waals surface area (Å²) in [5.41, 5.74) is 1.87. The van der Waals surface area contributed by atoms with Crippen molar-refractivity contribution in [2.75, 3.05) is 29.9 Å². The zero-order valence-corrected chi connectivity index (χ0v) is 25.0. The molecule has 0 aliphatic carbocycles. The summed E-state index contributed by atoms with van der Waals surface area (Å²) in [6.07, 6.45) is 5.29. The number of aliphatic hydroxyl groups is 2. The molecule has 4 N–H and O–H groups in total.